The Bertz CT molecular complexity index is 1130. The van der Waals surface area contributed by atoms with Crippen LogP contribution in [0.2, 0.25) is 5.02 Å². The van der Waals surface area contributed by atoms with Crippen molar-refractivity contribution in [2.75, 3.05) is 11.9 Å². The van der Waals surface area contributed by atoms with E-state index in [0.717, 1.165) is 48.6 Å². The molecule has 0 aliphatic carbocycles. The van der Waals surface area contributed by atoms with Crippen molar-refractivity contribution >= 4 is 17.4 Å². The molecule has 3 aromatic carbocycles. The first-order chi connectivity index (χ1) is 14.3. The molecule has 144 valence electrons. The lowest BCUT2D eigenvalue weighted by molar-refractivity contribution is 0.780. The minimum atomic E-state index is 0.717. The summed E-state index contributed by atoms with van der Waals surface area (Å²) in [5.74, 6) is 1.09. The zero-order valence-corrected chi connectivity index (χ0v) is 16.9. The number of anilines is 1. The van der Waals surface area contributed by atoms with Crippen LogP contribution >= 0.6 is 11.6 Å². The first-order valence-electron chi connectivity index (χ1n) is 10.1. The Hall–Kier alpha value is -3.04. The number of rotatable bonds is 3. The van der Waals surface area contributed by atoms with Gasteiger partial charge in [-0.25, -0.2) is 4.68 Å². The molecule has 0 spiro atoms. The highest BCUT2D eigenvalue weighted by Crippen LogP contribution is 2.35. The van der Waals surface area contributed by atoms with E-state index >= 15 is 0 Å². The quantitative estimate of drug-likeness (QED) is 0.420. The smallest absolute Gasteiger partial charge is 0.133 e. The van der Waals surface area contributed by atoms with Crippen LogP contribution < -0.4 is 5.32 Å². The summed E-state index contributed by atoms with van der Waals surface area (Å²) < 4.78 is 2.01. The van der Waals surface area contributed by atoms with Crippen LogP contribution in [0.5, 0.6) is 0 Å². The second-order valence-electron chi connectivity index (χ2n) is 7.39. The maximum Gasteiger partial charge on any atom is 0.133 e. The Balaban J connectivity index is 1.60. The lowest BCUT2D eigenvalue weighted by atomic mass is 10.00. The van der Waals surface area contributed by atoms with Gasteiger partial charge < -0.3 is 5.32 Å². The normalized spacial score (nSPS) is 13.4. The Labute approximate surface area is 176 Å². The lowest BCUT2D eigenvalue weighted by Gasteiger charge is -2.09. The molecule has 0 radical (unpaired) electrons. The van der Waals surface area contributed by atoms with Crippen molar-refractivity contribution in [3.63, 3.8) is 0 Å². The molecule has 3 nitrogen and oxygen atoms in total. The summed E-state index contributed by atoms with van der Waals surface area (Å²) in [5.41, 5.74) is 6.90. The third-order valence-electron chi connectivity index (χ3n) is 5.45. The molecular formula is C25H22ClN3. The van der Waals surface area contributed by atoms with Gasteiger partial charge >= 0.3 is 0 Å². The highest BCUT2D eigenvalue weighted by Gasteiger charge is 2.21. The van der Waals surface area contributed by atoms with Gasteiger partial charge in [0.05, 0.1) is 11.4 Å². The van der Waals surface area contributed by atoms with Gasteiger partial charge in [-0.1, -0.05) is 72.3 Å². The Morgan fingerprint density at radius 2 is 1.55 bits per heavy atom. The molecule has 2 heterocycles. The van der Waals surface area contributed by atoms with E-state index in [0.29, 0.717) is 5.02 Å². The molecule has 5 rings (SSSR count). The highest BCUT2D eigenvalue weighted by atomic mass is 35.5. The molecule has 4 heteroatoms. The minimum Gasteiger partial charge on any atom is -0.370 e. The van der Waals surface area contributed by atoms with E-state index in [1.807, 2.05) is 35.0 Å². The number of hydrogen-bond acceptors (Lipinski definition) is 2. The molecule has 29 heavy (non-hydrogen) atoms. The van der Waals surface area contributed by atoms with Gasteiger partial charge in [0.25, 0.3) is 0 Å². The fourth-order valence-corrected chi connectivity index (χ4v) is 4.16. The van der Waals surface area contributed by atoms with Crippen LogP contribution in [0.1, 0.15) is 18.4 Å². The molecule has 0 unspecified atom stereocenters. The van der Waals surface area contributed by atoms with Crippen LogP contribution in [0.25, 0.3) is 28.1 Å². The fourth-order valence-electron chi connectivity index (χ4n) is 3.98. The molecule has 1 N–H and O–H groups in total. The van der Waals surface area contributed by atoms with Crippen molar-refractivity contribution in [3.8, 4) is 28.1 Å². The van der Waals surface area contributed by atoms with Crippen molar-refractivity contribution in [2.24, 2.45) is 0 Å². The minimum absolute atomic E-state index is 0.717. The van der Waals surface area contributed by atoms with E-state index in [4.69, 9.17) is 16.7 Å². The van der Waals surface area contributed by atoms with Crippen molar-refractivity contribution in [2.45, 2.75) is 19.3 Å². The number of fused-ring (bicyclic) bond motifs is 1. The monoisotopic (exact) mass is 399 g/mol. The predicted molar refractivity (Wildman–Crippen MR) is 121 cm³/mol. The second kappa shape index (κ2) is 7.76. The summed E-state index contributed by atoms with van der Waals surface area (Å²) >= 11 is 6.25. The van der Waals surface area contributed by atoms with E-state index in [-0.39, 0.29) is 0 Å². The van der Waals surface area contributed by atoms with Gasteiger partial charge in [-0.05, 0) is 48.6 Å². The molecular weight excluding hydrogens is 378 g/mol. The van der Waals surface area contributed by atoms with E-state index in [2.05, 4.69) is 53.8 Å². The van der Waals surface area contributed by atoms with Crippen LogP contribution in [0, 0.1) is 0 Å². The topological polar surface area (TPSA) is 29.9 Å². The van der Waals surface area contributed by atoms with Gasteiger partial charge in [-0.3, -0.25) is 0 Å². The van der Waals surface area contributed by atoms with E-state index < -0.39 is 0 Å². The zero-order valence-electron chi connectivity index (χ0n) is 16.1. The number of hydrogen-bond donors (Lipinski definition) is 1. The van der Waals surface area contributed by atoms with Crippen molar-refractivity contribution < 1.29 is 0 Å². The number of aromatic nitrogens is 2. The van der Waals surface area contributed by atoms with Crippen LogP contribution in [-0.2, 0) is 6.42 Å². The number of benzene rings is 3. The number of halogens is 1. The molecule has 4 aromatic rings. The molecule has 0 saturated heterocycles. The predicted octanol–water partition coefficient (Wildman–Crippen LogP) is 6.61. The summed E-state index contributed by atoms with van der Waals surface area (Å²) in [6.45, 7) is 0.964. The molecule has 0 fully saturated rings. The molecule has 0 saturated carbocycles. The van der Waals surface area contributed by atoms with Crippen molar-refractivity contribution in [1.82, 2.24) is 9.78 Å². The molecule has 0 bridgehead atoms. The number of nitrogens with one attached hydrogen (secondary N) is 1. The maximum atomic E-state index is 6.25. The summed E-state index contributed by atoms with van der Waals surface area (Å²) in [7, 11) is 0. The van der Waals surface area contributed by atoms with Crippen LogP contribution in [-0.4, -0.2) is 16.3 Å². The van der Waals surface area contributed by atoms with Crippen LogP contribution in [0.4, 0.5) is 5.82 Å². The molecule has 0 amide bonds. The van der Waals surface area contributed by atoms with Crippen LogP contribution in [0.15, 0.2) is 78.9 Å². The third-order valence-corrected chi connectivity index (χ3v) is 5.68. The third kappa shape index (κ3) is 3.54. The van der Waals surface area contributed by atoms with Gasteiger partial charge in [0, 0.05) is 22.7 Å². The average Bonchev–Trinajstić information content (AvgIpc) is 2.95. The first kappa shape index (κ1) is 18.0. The standard InChI is InChI=1S/C25H22ClN3/c26-21-9-6-10-22(17-21)29-25-23(11-4-5-16-27-25)24(28-29)20-14-12-19(13-15-20)18-7-2-1-3-8-18/h1-3,6-10,12-15,17,27H,4-5,11,16H2. The lowest BCUT2D eigenvalue weighted by Crippen LogP contribution is -2.07. The fraction of sp³-hybridized carbons (Fsp3) is 0.160. The Morgan fingerprint density at radius 1 is 0.793 bits per heavy atom. The molecule has 1 aliphatic rings. The molecule has 0 atom stereocenters. The van der Waals surface area contributed by atoms with Crippen molar-refractivity contribution in [3.05, 3.63) is 89.4 Å². The summed E-state index contributed by atoms with van der Waals surface area (Å²) in [5, 5.41) is 9.33. The number of nitrogens with zero attached hydrogens (tertiary/aromatic N) is 2. The first-order valence-corrected chi connectivity index (χ1v) is 10.4. The molecule has 1 aliphatic heterocycles. The Kier molecular flexibility index (Phi) is 4.82. The van der Waals surface area contributed by atoms with Gasteiger partial charge in [-0.15, -0.1) is 0 Å². The van der Waals surface area contributed by atoms with Gasteiger partial charge in [0.15, 0.2) is 0 Å². The van der Waals surface area contributed by atoms with E-state index in [1.54, 1.807) is 0 Å². The van der Waals surface area contributed by atoms with Crippen LogP contribution in [0.3, 0.4) is 0 Å². The molecule has 1 aromatic heterocycles. The maximum absolute atomic E-state index is 6.25. The van der Waals surface area contributed by atoms with E-state index in [9.17, 15) is 0 Å². The van der Waals surface area contributed by atoms with Gasteiger partial charge in [-0.2, -0.15) is 5.10 Å². The summed E-state index contributed by atoms with van der Waals surface area (Å²) in [4.78, 5) is 0. The Morgan fingerprint density at radius 3 is 2.34 bits per heavy atom. The van der Waals surface area contributed by atoms with Crippen molar-refractivity contribution in [1.29, 1.82) is 0 Å². The SMILES string of the molecule is Clc1cccc(-n2nc(-c3ccc(-c4ccccc4)cc3)c3c2NCCCC3)c1. The highest BCUT2D eigenvalue weighted by molar-refractivity contribution is 6.30. The zero-order chi connectivity index (χ0) is 19.6. The second-order valence-corrected chi connectivity index (χ2v) is 7.83. The largest absolute Gasteiger partial charge is 0.370 e. The van der Waals surface area contributed by atoms with Gasteiger partial charge in [0.2, 0.25) is 0 Å². The summed E-state index contributed by atoms with van der Waals surface area (Å²) in [6.07, 6.45) is 3.35. The average molecular weight is 400 g/mol. The van der Waals surface area contributed by atoms with Gasteiger partial charge in [0.1, 0.15) is 5.82 Å². The summed E-state index contributed by atoms with van der Waals surface area (Å²) in [6, 6.07) is 27.1. The van der Waals surface area contributed by atoms with E-state index in [1.165, 1.54) is 16.7 Å².